The second kappa shape index (κ2) is 7.78. The minimum atomic E-state index is -0.312. The van der Waals surface area contributed by atoms with Gasteiger partial charge in [-0.15, -0.1) is 0 Å². The molecule has 0 atom stereocenters. The van der Waals surface area contributed by atoms with Gasteiger partial charge in [0.05, 0.1) is 28.7 Å². The largest absolute Gasteiger partial charge is 0.397 e. The van der Waals surface area contributed by atoms with Gasteiger partial charge in [-0.3, -0.25) is 25.1 Å². The highest BCUT2D eigenvalue weighted by Gasteiger charge is 2.17. The first-order valence-electron chi connectivity index (χ1n) is 10.4. The van der Waals surface area contributed by atoms with Crippen molar-refractivity contribution < 1.29 is 0 Å². The molecule has 35 heavy (non-hydrogen) atoms. The predicted molar refractivity (Wildman–Crippen MR) is 131 cm³/mol. The summed E-state index contributed by atoms with van der Waals surface area (Å²) in [5.74, 6) is 1.21. The average Bonchev–Trinajstić information content (AvgIpc) is 3.46. The number of nitrogens with zero attached hydrogens (tertiary/aromatic N) is 6. The Hall–Kier alpha value is -5.57. The Bertz CT molecular complexity index is 1840. The molecular weight excluding hydrogens is 446 g/mol. The Morgan fingerprint density at radius 3 is 2.66 bits per heavy atom. The Labute approximate surface area is 196 Å². The summed E-state index contributed by atoms with van der Waals surface area (Å²) in [5, 5.41) is 16.9. The number of para-hydroxylation sites is 1. The van der Waals surface area contributed by atoms with Crippen molar-refractivity contribution in [1.29, 1.82) is 0 Å². The van der Waals surface area contributed by atoms with Crippen LogP contribution < -0.4 is 16.6 Å². The molecule has 6 aromatic rings. The molecule has 4 aromatic heterocycles. The summed E-state index contributed by atoms with van der Waals surface area (Å²) < 4.78 is 0. The van der Waals surface area contributed by atoms with Gasteiger partial charge in [-0.25, -0.2) is 9.83 Å². The van der Waals surface area contributed by atoms with Crippen LogP contribution in [0.15, 0.2) is 59.7 Å². The van der Waals surface area contributed by atoms with E-state index >= 15 is 0 Å². The molecule has 0 aliphatic rings. The highest BCUT2D eigenvalue weighted by atomic mass is 16.1. The maximum absolute atomic E-state index is 12.2. The van der Waals surface area contributed by atoms with Crippen molar-refractivity contribution in [3.05, 3.63) is 76.6 Å². The van der Waals surface area contributed by atoms with Crippen molar-refractivity contribution in [3.8, 4) is 22.8 Å². The third-order valence-corrected chi connectivity index (χ3v) is 5.41. The SMILES string of the molecule is [C-]#[N+]c1cc2[nH][nH]c(=O)c2cc1-c1nc(Nc2n[nH]c3ccccc23)nc(-c2cncc(N)c2)n1. The molecule has 0 saturated carbocycles. The summed E-state index contributed by atoms with van der Waals surface area (Å²) in [6.07, 6.45) is 3.10. The molecule has 2 aromatic carbocycles. The third-order valence-electron chi connectivity index (χ3n) is 5.41. The number of fused-ring (bicyclic) bond motifs is 2. The number of hydrogen-bond acceptors (Lipinski definition) is 8. The van der Waals surface area contributed by atoms with Gasteiger partial charge in [0, 0.05) is 28.9 Å². The highest BCUT2D eigenvalue weighted by Crippen LogP contribution is 2.33. The second-order valence-electron chi connectivity index (χ2n) is 7.66. The molecule has 6 N–H and O–H groups in total. The molecule has 12 nitrogen and oxygen atoms in total. The molecule has 0 bridgehead atoms. The Kier molecular flexibility index (Phi) is 4.46. The van der Waals surface area contributed by atoms with E-state index in [0.29, 0.717) is 33.5 Å². The molecular formula is C23H15N11O. The number of hydrogen-bond donors (Lipinski definition) is 5. The summed E-state index contributed by atoms with van der Waals surface area (Å²) in [5.41, 5.74) is 8.63. The average molecular weight is 461 g/mol. The summed E-state index contributed by atoms with van der Waals surface area (Å²) >= 11 is 0. The van der Waals surface area contributed by atoms with Gasteiger partial charge in [0.15, 0.2) is 23.2 Å². The maximum Gasteiger partial charge on any atom is 0.271 e. The van der Waals surface area contributed by atoms with Crippen LogP contribution in [0.3, 0.4) is 0 Å². The fourth-order valence-electron chi connectivity index (χ4n) is 3.77. The zero-order chi connectivity index (χ0) is 23.9. The molecule has 0 saturated heterocycles. The first kappa shape index (κ1) is 20.1. The van der Waals surface area contributed by atoms with E-state index in [2.05, 4.69) is 50.5 Å². The van der Waals surface area contributed by atoms with Crippen molar-refractivity contribution in [2.45, 2.75) is 0 Å². The van der Waals surface area contributed by atoms with Crippen molar-refractivity contribution in [2.75, 3.05) is 11.1 Å². The van der Waals surface area contributed by atoms with Gasteiger partial charge < -0.3 is 11.1 Å². The maximum atomic E-state index is 12.2. The zero-order valence-corrected chi connectivity index (χ0v) is 17.9. The van der Waals surface area contributed by atoms with Crippen molar-refractivity contribution in [3.63, 3.8) is 0 Å². The smallest absolute Gasteiger partial charge is 0.271 e. The van der Waals surface area contributed by atoms with Crippen LogP contribution >= 0.6 is 0 Å². The van der Waals surface area contributed by atoms with E-state index in [-0.39, 0.29) is 28.8 Å². The lowest BCUT2D eigenvalue weighted by atomic mass is 10.1. The zero-order valence-electron chi connectivity index (χ0n) is 17.9. The molecule has 0 aliphatic heterocycles. The molecule has 0 unspecified atom stereocenters. The lowest BCUT2D eigenvalue weighted by Gasteiger charge is -2.10. The van der Waals surface area contributed by atoms with Gasteiger partial charge in [-0.2, -0.15) is 15.1 Å². The number of rotatable bonds is 4. The molecule has 6 rings (SSSR count). The third kappa shape index (κ3) is 3.49. The van der Waals surface area contributed by atoms with Crippen molar-refractivity contribution in [2.24, 2.45) is 0 Å². The topological polar surface area (TPSA) is 171 Å². The summed E-state index contributed by atoms with van der Waals surface area (Å²) in [6.45, 7) is 7.66. The van der Waals surface area contributed by atoms with Crippen LogP contribution in [0.4, 0.5) is 23.1 Å². The molecule has 0 radical (unpaired) electrons. The summed E-state index contributed by atoms with van der Waals surface area (Å²) in [4.78, 5) is 33.7. The fraction of sp³-hybridized carbons (Fsp3) is 0. The van der Waals surface area contributed by atoms with Gasteiger partial charge in [0.2, 0.25) is 5.95 Å². The first-order chi connectivity index (χ1) is 17.1. The Morgan fingerprint density at radius 2 is 1.80 bits per heavy atom. The quantitative estimate of drug-likeness (QED) is 0.248. The van der Waals surface area contributed by atoms with E-state index in [9.17, 15) is 4.79 Å². The van der Waals surface area contributed by atoms with E-state index in [1.807, 2.05) is 24.3 Å². The van der Waals surface area contributed by atoms with Crippen LogP contribution in [0.2, 0.25) is 0 Å². The van der Waals surface area contributed by atoms with Gasteiger partial charge in [0.1, 0.15) is 0 Å². The van der Waals surface area contributed by atoms with E-state index in [1.54, 1.807) is 24.4 Å². The molecule has 0 fully saturated rings. The Balaban J connectivity index is 1.56. The number of pyridine rings is 1. The number of H-pyrrole nitrogens is 3. The lowest BCUT2D eigenvalue weighted by Crippen LogP contribution is -2.04. The monoisotopic (exact) mass is 461 g/mol. The standard InChI is InChI=1S/C23H15N11O/c1-25-17-8-18-15(22(35)34-32-18)7-14(17)20-27-19(11-6-12(24)10-26-9-11)28-23(29-20)30-21-13-4-2-3-5-16(13)31-33-21/h2-10H,24H2,(H2,32,34,35)(H2,27,28,29,30,31,33). The Morgan fingerprint density at radius 1 is 0.943 bits per heavy atom. The van der Waals surface area contributed by atoms with Gasteiger partial charge in [0.25, 0.3) is 5.56 Å². The number of aromatic nitrogens is 8. The molecule has 0 spiro atoms. The van der Waals surface area contributed by atoms with Crippen LogP contribution in [-0.4, -0.2) is 40.3 Å². The van der Waals surface area contributed by atoms with E-state index in [0.717, 1.165) is 10.9 Å². The van der Waals surface area contributed by atoms with Crippen LogP contribution in [0.1, 0.15) is 0 Å². The van der Waals surface area contributed by atoms with Crippen molar-refractivity contribution in [1.82, 2.24) is 40.3 Å². The first-order valence-corrected chi connectivity index (χ1v) is 10.4. The van der Waals surface area contributed by atoms with Crippen LogP contribution in [0.5, 0.6) is 0 Å². The normalized spacial score (nSPS) is 11.1. The van der Waals surface area contributed by atoms with Crippen molar-refractivity contribution >= 4 is 44.9 Å². The van der Waals surface area contributed by atoms with Gasteiger partial charge in [-0.05, 0) is 30.3 Å². The molecule has 0 aliphatic carbocycles. The predicted octanol–water partition coefficient (Wildman–Crippen LogP) is 3.52. The summed E-state index contributed by atoms with van der Waals surface area (Å²) in [6, 6.07) is 12.5. The number of nitrogens with one attached hydrogen (secondary N) is 4. The minimum Gasteiger partial charge on any atom is -0.397 e. The highest BCUT2D eigenvalue weighted by molar-refractivity contribution is 5.92. The van der Waals surface area contributed by atoms with Crippen LogP contribution in [0.25, 0.3) is 49.4 Å². The second-order valence-corrected chi connectivity index (χ2v) is 7.66. The summed E-state index contributed by atoms with van der Waals surface area (Å²) in [7, 11) is 0. The number of nitrogen functional groups attached to an aromatic ring is 1. The molecule has 168 valence electrons. The van der Waals surface area contributed by atoms with Gasteiger partial charge in [-0.1, -0.05) is 12.1 Å². The fourth-order valence-corrected chi connectivity index (χ4v) is 3.77. The number of nitrogens with two attached hydrogens (primary N) is 1. The number of aromatic amines is 3. The van der Waals surface area contributed by atoms with Gasteiger partial charge >= 0.3 is 0 Å². The molecule has 4 heterocycles. The minimum absolute atomic E-state index is 0.198. The lowest BCUT2D eigenvalue weighted by molar-refractivity contribution is 1.05. The molecule has 0 amide bonds. The van der Waals surface area contributed by atoms with E-state index in [4.69, 9.17) is 12.3 Å². The number of anilines is 3. The molecule has 12 heteroatoms. The van der Waals surface area contributed by atoms with Crippen LogP contribution in [-0.2, 0) is 0 Å². The van der Waals surface area contributed by atoms with Crippen LogP contribution in [0, 0.1) is 6.57 Å². The van der Waals surface area contributed by atoms with E-state index < -0.39 is 0 Å². The number of benzene rings is 2. The van der Waals surface area contributed by atoms with E-state index in [1.165, 1.54) is 6.20 Å².